The van der Waals surface area contributed by atoms with Crippen molar-refractivity contribution < 1.29 is 19.2 Å². The number of nitro benzene ring substituents is 1. The Hall–Kier alpha value is -2.15. The van der Waals surface area contributed by atoms with Gasteiger partial charge in [0.2, 0.25) is 0 Å². The SMILES string of the molecule is CCOC(=O)CCNC(=O)c1ccc(Cl)cc1[N+](=O)[O-]. The highest BCUT2D eigenvalue weighted by Crippen LogP contribution is 2.22. The van der Waals surface area contributed by atoms with Gasteiger partial charge in [0.05, 0.1) is 18.0 Å². The van der Waals surface area contributed by atoms with Crippen LogP contribution in [0, 0.1) is 10.1 Å². The summed E-state index contributed by atoms with van der Waals surface area (Å²) in [6.07, 6.45) is 0.000960. The molecule has 0 saturated carbocycles. The van der Waals surface area contributed by atoms with E-state index in [9.17, 15) is 19.7 Å². The van der Waals surface area contributed by atoms with Gasteiger partial charge in [0.1, 0.15) is 5.56 Å². The largest absolute Gasteiger partial charge is 0.466 e. The molecule has 1 aromatic carbocycles. The van der Waals surface area contributed by atoms with Gasteiger partial charge < -0.3 is 10.1 Å². The highest BCUT2D eigenvalue weighted by Gasteiger charge is 2.20. The van der Waals surface area contributed by atoms with Crippen LogP contribution in [-0.4, -0.2) is 30.0 Å². The predicted octanol–water partition coefficient (Wildman–Crippen LogP) is 1.93. The van der Waals surface area contributed by atoms with E-state index in [4.69, 9.17) is 16.3 Å². The molecule has 0 fully saturated rings. The number of nitro groups is 1. The van der Waals surface area contributed by atoms with Crippen LogP contribution in [0.5, 0.6) is 0 Å². The minimum atomic E-state index is -0.688. The summed E-state index contributed by atoms with van der Waals surface area (Å²) >= 11 is 5.65. The Morgan fingerprint density at radius 3 is 2.75 bits per heavy atom. The molecule has 0 spiro atoms. The third-order valence-corrected chi connectivity index (χ3v) is 2.56. The molecule has 0 saturated heterocycles. The molecule has 0 aromatic heterocycles. The molecule has 8 heteroatoms. The topological polar surface area (TPSA) is 98.5 Å². The van der Waals surface area contributed by atoms with Gasteiger partial charge in [0.15, 0.2) is 0 Å². The summed E-state index contributed by atoms with van der Waals surface area (Å²) in [4.78, 5) is 33.0. The molecule has 108 valence electrons. The summed E-state index contributed by atoms with van der Waals surface area (Å²) in [5.74, 6) is -1.09. The lowest BCUT2D eigenvalue weighted by molar-refractivity contribution is -0.385. The summed E-state index contributed by atoms with van der Waals surface area (Å²) in [5, 5.41) is 13.4. The first-order chi connectivity index (χ1) is 9.45. The Kier molecular flexibility index (Phi) is 5.92. The zero-order valence-electron chi connectivity index (χ0n) is 10.7. The Balaban J connectivity index is 2.68. The van der Waals surface area contributed by atoms with Crippen LogP contribution in [0.1, 0.15) is 23.7 Å². The van der Waals surface area contributed by atoms with Gasteiger partial charge >= 0.3 is 5.97 Å². The standard InChI is InChI=1S/C12H13ClN2O5/c1-2-20-11(16)5-6-14-12(17)9-4-3-8(13)7-10(9)15(18)19/h3-4,7H,2,5-6H2,1H3,(H,14,17). The van der Waals surface area contributed by atoms with Crippen LogP contribution in [0.4, 0.5) is 5.69 Å². The van der Waals surface area contributed by atoms with Crippen LogP contribution in [0.25, 0.3) is 0 Å². The molecule has 7 nitrogen and oxygen atoms in total. The zero-order chi connectivity index (χ0) is 15.1. The van der Waals surface area contributed by atoms with Gasteiger partial charge in [-0.15, -0.1) is 0 Å². The lowest BCUT2D eigenvalue weighted by Crippen LogP contribution is -2.27. The molecular weight excluding hydrogens is 288 g/mol. The fourth-order valence-electron chi connectivity index (χ4n) is 1.45. The molecule has 0 aliphatic rings. The Morgan fingerprint density at radius 1 is 1.45 bits per heavy atom. The molecule has 1 N–H and O–H groups in total. The second kappa shape index (κ2) is 7.44. The molecule has 0 radical (unpaired) electrons. The molecule has 0 atom stereocenters. The first-order valence-corrected chi connectivity index (χ1v) is 6.21. The first-order valence-electron chi connectivity index (χ1n) is 5.83. The van der Waals surface area contributed by atoms with Crippen LogP contribution in [0.15, 0.2) is 18.2 Å². The van der Waals surface area contributed by atoms with Crippen molar-refractivity contribution in [1.82, 2.24) is 5.32 Å². The number of carbonyl (C=O) groups is 2. The minimum Gasteiger partial charge on any atom is -0.466 e. The summed E-state index contributed by atoms with van der Waals surface area (Å²) in [6, 6.07) is 3.75. The van der Waals surface area contributed by atoms with E-state index < -0.39 is 16.8 Å². The molecule has 0 unspecified atom stereocenters. The average molecular weight is 301 g/mol. The van der Waals surface area contributed by atoms with E-state index in [0.29, 0.717) is 0 Å². The quantitative estimate of drug-likeness (QED) is 0.491. The van der Waals surface area contributed by atoms with Crippen molar-refractivity contribution in [3.63, 3.8) is 0 Å². The molecule has 0 heterocycles. The second-order valence-corrected chi connectivity index (χ2v) is 4.17. The second-order valence-electron chi connectivity index (χ2n) is 3.73. The van der Waals surface area contributed by atoms with Gasteiger partial charge in [-0.05, 0) is 19.1 Å². The summed E-state index contributed by atoms with van der Waals surface area (Å²) < 4.78 is 4.69. The van der Waals surface area contributed by atoms with Crippen molar-refractivity contribution >= 4 is 29.2 Å². The zero-order valence-corrected chi connectivity index (χ0v) is 11.5. The number of hydrogen-bond donors (Lipinski definition) is 1. The van der Waals surface area contributed by atoms with Crippen LogP contribution < -0.4 is 5.32 Å². The molecule has 20 heavy (non-hydrogen) atoms. The van der Waals surface area contributed by atoms with Crippen molar-refractivity contribution in [2.24, 2.45) is 0 Å². The van der Waals surface area contributed by atoms with E-state index in [-0.39, 0.29) is 35.8 Å². The average Bonchev–Trinajstić information content (AvgIpc) is 2.38. The van der Waals surface area contributed by atoms with E-state index >= 15 is 0 Å². The monoisotopic (exact) mass is 300 g/mol. The maximum absolute atomic E-state index is 11.8. The third-order valence-electron chi connectivity index (χ3n) is 2.32. The number of hydrogen-bond acceptors (Lipinski definition) is 5. The third kappa shape index (κ3) is 4.51. The van der Waals surface area contributed by atoms with E-state index in [1.165, 1.54) is 12.1 Å². The Morgan fingerprint density at radius 2 is 2.15 bits per heavy atom. The van der Waals surface area contributed by atoms with Gasteiger partial charge in [-0.2, -0.15) is 0 Å². The number of halogens is 1. The number of esters is 1. The number of nitrogens with one attached hydrogen (secondary N) is 1. The van der Waals surface area contributed by atoms with E-state index in [0.717, 1.165) is 6.07 Å². The van der Waals surface area contributed by atoms with Crippen LogP contribution in [-0.2, 0) is 9.53 Å². The molecule has 1 rings (SSSR count). The number of rotatable bonds is 6. The van der Waals surface area contributed by atoms with Crippen LogP contribution in [0.3, 0.4) is 0 Å². The molecule has 0 aliphatic heterocycles. The van der Waals surface area contributed by atoms with Crippen LogP contribution >= 0.6 is 11.6 Å². The van der Waals surface area contributed by atoms with Crippen molar-refractivity contribution in [1.29, 1.82) is 0 Å². The number of amides is 1. The lowest BCUT2D eigenvalue weighted by Gasteiger charge is -2.06. The van der Waals surface area contributed by atoms with Gasteiger partial charge in [-0.1, -0.05) is 11.6 Å². The van der Waals surface area contributed by atoms with E-state index in [1.807, 2.05) is 0 Å². The van der Waals surface area contributed by atoms with Crippen molar-refractivity contribution in [3.8, 4) is 0 Å². The van der Waals surface area contributed by atoms with Gasteiger partial charge in [0, 0.05) is 17.6 Å². The minimum absolute atomic E-state index is 0.000960. The summed E-state index contributed by atoms with van der Waals surface area (Å²) in [5.41, 5.74) is -0.491. The highest BCUT2D eigenvalue weighted by molar-refractivity contribution is 6.31. The van der Waals surface area contributed by atoms with Crippen LogP contribution in [0.2, 0.25) is 5.02 Å². The number of nitrogens with zero attached hydrogens (tertiary/aromatic N) is 1. The maximum Gasteiger partial charge on any atom is 0.307 e. The number of benzene rings is 1. The van der Waals surface area contributed by atoms with E-state index in [2.05, 4.69) is 5.32 Å². The lowest BCUT2D eigenvalue weighted by atomic mass is 10.1. The van der Waals surface area contributed by atoms with E-state index in [1.54, 1.807) is 6.92 Å². The molecule has 1 amide bonds. The van der Waals surface area contributed by atoms with Crippen molar-refractivity contribution in [2.45, 2.75) is 13.3 Å². The molecule has 1 aromatic rings. The molecule has 0 aliphatic carbocycles. The van der Waals surface area contributed by atoms with Gasteiger partial charge in [-0.25, -0.2) is 0 Å². The fourth-order valence-corrected chi connectivity index (χ4v) is 1.62. The fraction of sp³-hybridized carbons (Fsp3) is 0.333. The predicted molar refractivity (Wildman–Crippen MR) is 71.7 cm³/mol. The summed E-state index contributed by atoms with van der Waals surface area (Å²) in [6.45, 7) is 1.97. The highest BCUT2D eigenvalue weighted by atomic mass is 35.5. The number of ether oxygens (including phenoxy) is 1. The first kappa shape index (κ1) is 15.9. The number of carbonyl (C=O) groups excluding carboxylic acids is 2. The van der Waals surface area contributed by atoms with Crippen molar-refractivity contribution in [3.05, 3.63) is 38.9 Å². The van der Waals surface area contributed by atoms with Gasteiger partial charge in [0.25, 0.3) is 11.6 Å². The normalized spacial score (nSPS) is 9.90. The smallest absolute Gasteiger partial charge is 0.307 e. The Labute approximate surface area is 120 Å². The Bertz CT molecular complexity index is 533. The van der Waals surface area contributed by atoms with Crippen molar-refractivity contribution in [2.75, 3.05) is 13.2 Å². The molecule has 0 bridgehead atoms. The molecular formula is C12H13ClN2O5. The van der Waals surface area contributed by atoms with Gasteiger partial charge in [-0.3, -0.25) is 19.7 Å². The summed E-state index contributed by atoms with van der Waals surface area (Å²) in [7, 11) is 0. The maximum atomic E-state index is 11.8.